The molecule has 2 heterocycles. The number of hydrogen-bond acceptors (Lipinski definition) is 4. The molecule has 4 rings (SSSR count). The van der Waals surface area contributed by atoms with E-state index < -0.39 is 5.60 Å². The van der Waals surface area contributed by atoms with Crippen molar-refractivity contribution >= 4 is 28.3 Å². The second-order valence-corrected chi connectivity index (χ2v) is 7.84. The number of rotatable bonds is 3. The van der Waals surface area contributed by atoms with E-state index >= 15 is 0 Å². The lowest BCUT2D eigenvalue weighted by Crippen LogP contribution is -2.35. The molecule has 5 heteroatoms. The third-order valence-electron chi connectivity index (χ3n) is 5.11. The van der Waals surface area contributed by atoms with Crippen LogP contribution in [0.5, 0.6) is 5.75 Å². The minimum Gasteiger partial charge on any atom is -0.487 e. The Morgan fingerprint density at radius 2 is 2.00 bits per heavy atom. The van der Waals surface area contributed by atoms with Crippen molar-refractivity contribution in [1.29, 1.82) is 0 Å². The van der Waals surface area contributed by atoms with Gasteiger partial charge in [0.1, 0.15) is 16.9 Å². The van der Waals surface area contributed by atoms with E-state index in [4.69, 9.17) is 9.15 Å². The number of Topliss-reactive ketones (excluding diaryl/α,β-unsaturated/α-hetero) is 1. The highest BCUT2D eigenvalue weighted by Gasteiger charge is 2.35. The Morgan fingerprint density at radius 1 is 1.21 bits per heavy atom. The van der Waals surface area contributed by atoms with Crippen LogP contribution in [0, 0.1) is 6.92 Å². The molecule has 144 valence electrons. The van der Waals surface area contributed by atoms with Crippen LogP contribution >= 0.6 is 0 Å². The molecule has 0 aliphatic carbocycles. The maximum Gasteiger partial charge on any atom is 0.291 e. The summed E-state index contributed by atoms with van der Waals surface area (Å²) in [5.41, 5.74) is 2.98. The molecule has 0 atom stereocenters. The van der Waals surface area contributed by atoms with Crippen LogP contribution in [0.3, 0.4) is 0 Å². The number of amides is 1. The number of carbonyl (C=O) groups is 2. The molecular formula is C23H23NO4. The number of hydrogen-bond donors (Lipinski definition) is 1. The Morgan fingerprint density at radius 3 is 2.75 bits per heavy atom. The predicted octanol–water partition coefficient (Wildman–Crippen LogP) is 5.30. The maximum atomic E-state index is 12.8. The molecule has 2 aromatic carbocycles. The quantitative estimate of drug-likeness (QED) is 0.672. The number of ether oxygens (including phenoxy) is 1. The van der Waals surface area contributed by atoms with E-state index in [2.05, 4.69) is 12.2 Å². The summed E-state index contributed by atoms with van der Waals surface area (Å²) < 4.78 is 11.8. The second kappa shape index (κ2) is 6.51. The molecule has 0 radical (unpaired) electrons. The summed E-state index contributed by atoms with van der Waals surface area (Å²) in [6.07, 6.45) is 1.17. The minimum atomic E-state index is -0.542. The first-order chi connectivity index (χ1) is 13.3. The van der Waals surface area contributed by atoms with E-state index in [0.29, 0.717) is 33.5 Å². The van der Waals surface area contributed by atoms with Gasteiger partial charge in [0.15, 0.2) is 11.5 Å². The van der Waals surface area contributed by atoms with Crippen LogP contribution in [0.25, 0.3) is 11.0 Å². The normalized spacial score (nSPS) is 15.2. The van der Waals surface area contributed by atoms with Gasteiger partial charge in [0.2, 0.25) is 0 Å². The molecule has 0 spiro atoms. The summed E-state index contributed by atoms with van der Waals surface area (Å²) in [4.78, 5) is 25.6. The van der Waals surface area contributed by atoms with Crippen molar-refractivity contribution in [2.75, 3.05) is 5.32 Å². The van der Waals surface area contributed by atoms with Crippen molar-refractivity contribution in [3.63, 3.8) is 0 Å². The van der Waals surface area contributed by atoms with Gasteiger partial charge in [-0.3, -0.25) is 9.59 Å². The van der Waals surface area contributed by atoms with Crippen LogP contribution in [0.1, 0.15) is 59.2 Å². The van der Waals surface area contributed by atoms with Crippen molar-refractivity contribution in [2.45, 2.75) is 46.1 Å². The SMILES string of the molecule is CCc1cccc(NC(=O)c2oc3ccc4c(c3c2C)C(=O)CC(C)(C)O4)c1. The summed E-state index contributed by atoms with van der Waals surface area (Å²) in [5.74, 6) is 0.423. The fraction of sp³-hybridized carbons (Fsp3) is 0.304. The van der Waals surface area contributed by atoms with Crippen LogP contribution in [-0.2, 0) is 6.42 Å². The van der Waals surface area contributed by atoms with Gasteiger partial charge < -0.3 is 14.5 Å². The minimum absolute atomic E-state index is 0.00311. The predicted molar refractivity (Wildman–Crippen MR) is 108 cm³/mol. The van der Waals surface area contributed by atoms with Crippen molar-refractivity contribution < 1.29 is 18.7 Å². The summed E-state index contributed by atoms with van der Waals surface area (Å²) in [7, 11) is 0. The first-order valence-electron chi connectivity index (χ1n) is 9.47. The molecule has 1 amide bonds. The molecule has 0 saturated heterocycles. The molecule has 1 aliphatic heterocycles. The van der Waals surface area contributed by atoms with E-state index in [1.165, 1.54) is 0 Å². The lowest BCUT2D eigenvalue weighted by molar-refractivity contribution is 0.0623. The fourth-order valence-corrected chi connectivity index (χ4v) is 3.77. The molecule has 1 aromatic heterocycles. The molecule has 3 aromatic rings. The molecule has 0 unspecified atom stereocenters. The van der Waals surface area contributed by atoms with Crippen LogP contribution < -0.4 is 10.1 Å². The van der Waals surface area contributed by atoms with Crippen molar-refractivity contribution in [1.82, 2.24) is 0 Å². The average Bonchev–Trinajstić information content (AvgIpc) is 2.97. The second-order valence-electron chi connectivity index (χ2n) is 7.84. The molecular weight excluding hydrogens is 354 g/mol. The Labute approximate surface area is 163 Å². The van der Waals surface area contributed by atoms with Gasteiger partial charge in [0.25, 0.3) is 5.91 Å². The average molecular weight is 377 g/mol. The van der Waals surface area contributed by atoms with Gasteiger partial charge in [0.05, 0.1) is 12.0 Å². The van der Waals surface area contributed by atoms with E-state index in [1.54, 1.807) is 19.1 Å². The zero-order valence-corrected chi connectivity index (χ0v) is 16.5. The zero-order chi connectivity index (χ0) is 20.1. The van der Waals surface area contributed by atoms with Crippen molar-refractivity contribution in [3.8, 4) is 5.75 Å². The number of anilines is 1. The van der Waals surface area contributed by atoms with E-state index in [9.17, 15) is 9.59 Å². The first-order valence-corrected chi connectivity index (χ1v) is 9.47. The monoisotopic (exact) mass is 377 g/mol. The molecule has 1 N–H and O–H groups in total. The van der Waals surface area contributed by atoms with Gasteiger partial charge in [0, 0.05) is 16.6 Å². The third-order valence-corrected chi connectivity index (χ3v) is 5.11. The van der Waals surface area contributed by atoms with Crippen molar-refractivity contribution in [2.24, 2.45) is 0 Å². The van der Waals surface area contributed by atoms with Crippen LogP contribution in [0.4, 0.5) is 5.69 Å². The molecule has 5 nitrogen and oxygen atoms in total. The van der Waals surface area contributed by atoms with Gasteiger partial charge in [-0.1, -0.05) is 19.1 Å². The summed E-state index contributed by atoms with van der Waals surface area (Å²) in [5, 5.41) is 3.55. The Bertz CT molecular complexity index is 1110. The van der Waals surface area contributed by atoms with Crippen LogP contribution in [-0.4, -0.2) is 17.3 Å². The summed E-state index contributed by atoms with van der Waals surface area (Å²) >= 11 is 0. The highest BCUT2D eigenvalue weighted by molar-refractivity contribution is 6.14. The van der Waals surface area contributed by atoms with E-state index in [1.807, 2.05) is 38.1 Å². The van der Waals surface area contributed by atoms with Gasteiger partial charge in [-0.25, -0.2) is 0 Å². The highest BCUT2D eigenvalue weighted by atomic mass is 16.5. The Balaban J connectivity index is 1.75. The zero-order valence-electron chi connectivity index (χ0n) is 16.5. The van der Waals surface area contributed by atoms with Gasteiger partial charge >= 0.3 is 0 Å². The maximum absolute atomic E-state index is 12.8. The van der Waals surface area contributed by atoms with Gasteiger partial charge in [-0.15, -0.1) is 0 Å². The van der Waals surface area contributed by atoms with E-state index in [0.717, 1.165) is 12.0 Å². The molecule has 28 heavy (non-hydrogen) atoms. The Kier molecular flexibility index (Phi) is 4.26. The summed E-state index contributed by atoms with van der Waals surface area (Å²) in [6, 6.07) is 11.2. The lowest BCUT2D eigenvalue weighted by Gasteiger charge is -2.31. The summed E-state index contributed by atoms with van der Waals surface area (Å²) in [6.45, 7) is 7.65. The molecule has 0 saturated carbocycles. The third kappa shape index (κ3) is 3.07. The topological polar surface area (TPSA) is 68.5 Å². The number of fused-ring (bicyclic) bond motifs is 3. The molecule has 1 aliphatic rings. The van der Waals surface area contributed by atoms with Crippen molar-refractivity contribution in [3.05, 3.63) is 58.8 Å². The van der Waals surface area contributed by atoms with Crippen LogP contribution in [0.15, 0.2) is 40.8 Å². The lowest BCUT2D eigenvalue weighted by atomic mass is 9.90. The Hall–Kier alpha value is -3.08. The number of benzene rings is 2. The number of ketones is 1. The van der Waals surface area contributed by atoms with Gasteiger partial charge in [-0.05, 0) is 57.0 Å². The first kappa shape index (κ1) is 18.3. The van der Waals surface area contributed by atoms with E-state index in [-0.39, 0.29) is 23.9 Å². The van der Waals surface area contributed by atoms with Gasteiger partial charge in [-0.2, -0.15) is 0 Å². The fourth-order valence-electron chi connectivity index (χ4n) is 3.77. The number of furan rings is 1. The largest absolute Gasteiger partial charge is 0.487 e. The molecule has 0 bridgehead atoms. The number of nitrogens with one attached hydrogen (secondary N) is 1. The number of aryl methyl sites for hydroxylation is 2. The molecule has 0 fully saturated rings. The smallest absolute Gasteiger partial charge is 0.291 e. The van der Waals surface area contributed by atoms with Crippen LogP contribution in [0.2, 0.25) is 0 Å². The highest BCUT2D eigenvalue weighted by Crippen LogP contribution is 2.40. The number of carbonyl (C=O) groups excluding carboxylic acids is 2. The standard InChI is InChI=1S/C23H23NO4/c1-5-14-7-6-8-15(11-14)24-22(26)21-13(2)19-17(27-21)9-10-18-20(19)16(25)12-23(3,4)28-18/h6-11H,5,12H2,1-4H3,(H,24,26).